The monoisotopic (exact) mass is 252 g/mol. The zero-order chi connectivity index (χ0) is 10.6. The summed E-state index contributed by atoms with van der Waals surface area (Å²) in [4.78, 5) is 16.3. The summed E-state index contributed by atoms with van der Waals surface area (Å²) in [7, 11) is -10.4. The van der Waals surface area contributed by atoms with Gasteiger partial charge in [0.25, 0.3) is 0 Å². The molecular formula is C2H6O8P2S+2. The molecule has 0 heterocycles. The molecule has 0 aromatic carbocycles. The summed E-state index contributed by atoms with van der Waals surface area (Å²) in [5.41, 5.74) is -2.21. The van der Waals surface area contributed by atoms with Crippen molar-refractivity contribution in [1.82, 2.24) is 0 Å². The van der Waals surface area contributed by atoms with Crippen molar-refractivity contribution in [3.63, 3.8) is 0 Å². The fraction of sp³-hybridized carbons (Fsp3) is 1.00. The quantitative estimate of drug-likeness (QED) is 0.501. The molecule has 11 heteroatoms. The zero-order valence-electron chi connectivity index (χ0n) is 6.22. The van der Waals surface area contributed by atoms with Crippen molar-refractivity contribution < 1.29 is 36.4 Å². The highest BCUT2D eigenvalue weighted by molar-refractivity contribution is 7.91. The van der Waals surface area contributed by atoms with Crippen LogP contribution in [0.2, 0.25) is 0 Å². The maximum Gasteiger partial charge on any atom is 0.698 e. The second-order valence-electron chi connectivity index (χ2n) is 1.80. The first-order chi connectivity index (χ1) is 5.73. The van der Waals surface area contributed by atoms with Crippen molar-refractivity contribution in [2.45, 2.75) is 5.62 Å². The molecule has 0 rings (SSSR count). The van der Waals surface area contributed by atoms with Gasteiger partial charge in [-0.15, -0.1) is 9.79 Å². The summed E-state index contributed by atoms with van der Waals surface area (Å²) in [5.74, 6) is 0. The van der Waals surface area contributed by atoms with E-state index in [1.54, 1.807) is 0 Å². The summed E-state index contributed by atoms with van der Waals surface area (Å²) in [6.45, 7) is 0. The normalized spacial score (nSPS) is 16.5. The first-order valence-corrected chi connectivity index (χ1v) is 6.79. The third-order valence-corrected chi connectivity index (χ3v) is 2.62. The van der Waals surface area contributed by atoms with E-state index in [-0.39, 0.29) is 0 Å². The Hall–Kier alpha value is -0.0100. The van der Waals surface area contributed by atoms with Crippen LogP contribution in [0.5, 0.6) is 0 Å². The SMILES string of the molecule is CS(=O)(=O)C(O[P+](=O)O)O[P+](=O)O. The average Bonchev–Trinajstić information content (AvgIpc) is 1.81. The van der Waals surface area contributed by atoms with E-state index in [0.717, 1.165) is 0 Å². The Labute approximate surface area is 75.3 Å². The summed E-state index contributed by atoms with van der Waals surface area (Å²) < 4.78 is 49.1. The molecule has 0 aromatic heterocycles. The van der Waals surface area contributed by atoms with Crippen molar-refractivity contribution in [2.24, 2.45) is 0 Å². The minimum atomic E-state index is -3.99. The third kappa shape index (κ3) is 6.11. The molecule has 76 valence electrons. The molecule has 0 saturated heterocycles. The standard InChI is InChI=1S/C2H4O8P2S/c1-13(7,8)2(9-11(3)4)10-12(5)6/h2H,1H3/p+2. The van der Waals surface area contributed by atoms with Gasteiger partial charge in [0.2, 0.25) is 9.84 Å². The third-order valence-electron chi connectivity index (χ3n) is 0.702. The summed E-state index contributed by atoms with van der Waals surface area (Å²) in [6.07, 6.45) is 0.620. The lowest BCUT2D eigenvalue weighted by molar-refractivity contribution is 0.0689. The van der Waals surface area contributed by atoms with Crippen LogP contribution in [0.4, 0.5) is 0 Å². The van der Waals surface area contributed by atoms with Crippen molar-refractivity contribution in [1.29, 1.82) is 0 Å². The molecule has 13 heavy (non-hydrogen) atoms. The van der Waals surface area contributed by atoms with Crippen LogP contribution in [-0.2, 0) is 28.0 Å². The molecule has 2 atom stereocenters. The lowest BCUT2D eigenvalue weighted by atomic mass is 11.5. The molecule has 0 saturated carbocycles. The molecule has 0 aliphatic rings. The first-order valence-electron chi connectivity index (χ1n) is 2.58. The van der Waals surface area contributed by atoms with Crippen LogP contribution in [-0.4, -0.2) is 30.1 Å². The molecule has 0 aliphatic heterocycles. The van der Waals surface area contributed by atoms with Crippen LogP contribution in [0.3, 0.4) is 0 Å². The average molecular weight is 252 g/mol. The molecule has 2 N–H and O–H groups in total. The van der Waals surface area contributed by atoms with Gasteiger partial charge in [-0.2, -0.15) is 0 Å². The Morgan fingerprint density at radius 3 is 1.62 bits per heavy atom. The van der Waals surface area contributed by atoms with Gasteiger partial charge in [0.1, 0.15) is 0 Å². The molecule has 0 fully saturated rings. The molecule has 0 aliphatic carbocycles. The molecule has 0 bridgehead atoms. The van der Waals surface area contributed by atoms with Crippen LogP contribution in [0.15, 0.2) is 0 Å². The smallest absolute Gasteiger partial charge is 0.223 e. The Balaban J connectivity index is 4.57. The van der Waals surface area contributed by atoms with Gasteiger partial charge >= 0.3 is 22.1 Å². The van der Waals surface area contributed by atoms with E-state index < -0.39 is 32.0 Å². The highest BCUT2D eigenvalue weighted by atomic mass is 32.2. The van der Waals surface area contributed by atoms with Gasteiger partial charge in [-0.05, 0) is 0 Å². The minimum Gasteiger partial charge on any atom is -0.223 e. The Morgan fingerprint density at radius 2 is 1.46 bits per heavy atom. The van der Waals surface area contributed by atoms with Crippen molar-refractivity contribution in [3.05, 3.63) is 0 Å². The number of rotatable bonds is 5. The Bertz CT molecular complexity index is 290. The second kappa shape index (κ2) is 5.02. The van der Waals surface area contributed by atoms with Crippen LogP contribution < -0.4 is 0 Å². The summed E-state index contributed by atoms with van der Waals surface area (Å²) >= 11 is 0. The largest absolute Gasteiger partial charge is 0.698 e. The predicted octanol–water partition coefficient (Wildman–Crippen LogP) is -0.353. The van der Waals surface area contributed by atoms with Crippen LogP contribution in [0.1, 0.15) is 0 Å². The molecule has 8 nitrogen and oxygen atoms in total. The zero-order valence-corrected chi connectivity index (χ0v) is 8.83. The number of hydrogen-bond donors (Lipinski definition) is 2. The van der Waals surface area contributed by atoms with E-state index in [9.17, 15) is 17.5 Å². The maximum absolute atomic E-state index is 10.7. The van der Waals surface area contributed by atoms with Crippen molar-refractivity contribution in [3.8, 4) is 0 Å². The van der Waals surface area contributed by atoms with Gasteiger partial charge in [-0.1, -0.05) is 9.05 Å². The Kier molecular flexibility index (Phi) is 5.01. The fourth-order valence-corrected chi connectivity index (χ4v) is 2.46. The molecule has 0 spiro atoms. The predicted molar refractivity (Wildman–Crippen MR) is 40.5 cm³/mol. The van der Waals surface area contributed by atoms with Gasteiger partial charge in [-0.25, -0.2) is 8.42 Å². The van der Waals surface area contributed by atoms with Crippen LogP contribution in [0.25, 0.3) is 0 Å². The molecule has 0 radical (unpaired) electrons. The van der Waals surface area contributed by atoms with Crippen molar-refractivity contribution >= 4 is 26.3 Å². The molecule has 0 amide bonds. The van der Waals surface area contributed by atoms with E-state index in [1.165, 1.54) is 0 Å². The van der Waals surface area contributed by atoms with Gasteiger partial charge in [0.15, 0.2) is 0 Å². The van der Waals surface area contributed by atoms with E-state index >= 15 is 0 Å². The maximum atomic E-state index is 10.7. The number of hydrogen-bond acceptors (Lipinski definition) is 6. The second-order valence-corrected chi connectivity index (χ2v) is 5.22. The molecule has 0 aromatic rings. The lowest BCUT2D eigenvalue weighted by Gasteiger charge is -1.97. The summed E-state index contributed by atoms with van der Waals surface area (Å²) in [6, 6.07) is 0. The van der Waals surface area contributed by atoms with E-state index in [1.807, 2.05) is 0 Å². The first kappa shape index (κ1) is 13.0. The molecular weight excluding hydrogens is 246 g/mol. The topological polar surface area (TPSA) is 127 Å². The van der Waals surface area contributed by atoms with Gasteiger partial charge in [0.05, 0.1) is 0 Å². The summed E-state index contributed by atoms with van der Waals surface area (Å²) in [5, 5.41) is 0. The van der Waals surface area contributed by atoms with E-state index in [4.69, 9.17) is 9.79 Å². The fourth-order valence-electron chi connectivity index (χ4n) is 0.323. The van der Waals surface area contributed by atoms with Gasteiger partial charge in [-0.3, -0.25) is 0 Å². The molecule has 2 unspecified atom stereocenters. The Morgan fingerprint density at radius 1 is 1.15 bits per heavy atom. The van der Waals surface area contributed by atoms with Crippen LogP contribution in [0, 0.1) is 0 Å². The number of sulfone groups is 1. The van der Waals surface area contributed by atoms with Gasteiger partial charge < -0.3 is 0 Å². The van der Waals surface area contributed by atoms with E-state index in [0.29, 0.717) is 6.26 Å². The van der Waals surface area contributed by atoms with Crippen LogP contribution >= 0.6 is 16.5 Å². The van der Waals surface area contributed by atoms with Crippen molar-refractivity contribution in [2.75, 3.05) is 6.26 Å². The minimum absolute atomic E-state index is 0.620. The van der Waals surface area contributed by atoms with Gasteiger partial charge in [0, 0.05) is 15.4 Å². The highest BCUT2D eigenvalue weighted by Gasteiger charge is 2.40. The highest BCUT2D eigenvalue weighted by Crippen LogP contribution is 2.28. The van der Waals surface area contributed by atoms with E-state index in [2.05, 4.69) is 9.05 Å². The lowest BCUT2D eigenvalue weighted by Crippen LogP contribution is -2.21.